The molecule has 0 bridgehead atoms. The highest BCUT2D eigenvalue weighted by molar-refractivity contribution is 5.93. The zero-order valence-electron chi connectivity index (χ0n) is 19.5. The fourth-order valence-electron chi connectivity index (χ4n) is 2.72. The Bertz CT molecular complexity index is 875. The van der Waals surface area contributed by atoms with E-state index < -0.39 is 41.1 Å². The first-order chi connectivity index (χ1) is 14.1. The number of aromatic hydroxyl groups is 1. The summed E-state index contributed by atoms with van der Waals surface area (Å²) in [4.78, 5) is 39.2. The normalized spacial score (nSPS) is 13.4. The van der Waals surface area contributed by atoms with Crippen molar-refractivity contribution >= 4 is 17.9 Å². The van der Waals surface area contributed by atoms with Gasteiger partial charge in [0.05, 0.1) is 0 Å². The number of benzene rings is 1. The van der Waals surface area contributed by atoms with Crippen molar-refractivity contribution in [2.75, 3.05) is 0 Å². The van der Waals surface area contributed by atoms with Crippen molar-refractivity contribution in [3.05, 3.63) is 29.3 Å². The number of carbonyl (C=O) groups excluding carboxylic acids is 3. The lowest BCUT2D eigenvalue weighted by molar-refractivity contribution is -0.138. The van der Waals surface area contributed by atoms with Gasteiger partial charge in [-0.1, -0.05) is 12.5 Å². The minimum absolute atomic E-state index is 0.0530. The van der Waals surface area contributed by atoms with Crippen LogP contribution in [0.4, 0.5) is 4.79 Å². The molecule has 3 amide bonds. The molecule has 0 aliphatic carbocycles. The monoisotopic (exact) mass is 431 g/mol. The van der Waals surface area contributed by atoms with Crippen molar-refractivity contribution in [3.63, 3.8) is 0 Å². The maximum absolute atomic E-state index is 13.1. The highest BCUT2D eigenvalue weighted by Crippen LogP contribution is 2.27. The molecule has 0 aromatic heterocycles. The summed E-state index contributed by atoms with van der Waals surface area (Å²) in [5.41, 5.74) is -0.370. The Morgan fingerprint density at radius 1 is 1.16 bits per heavy atom. The Morgan fingerprint density at radius 2 is 1.74 bits per heavy atom. The molecule has 0 heterocycles. The number of phenolic OH excluding ortho intramolecular Hbond substituents is 1. The summed E-state index contributed by atoms with van der Waals surface area (Å²) in [5.74, 6) is -1.10. The molecule has 0 radical (unpaired) electrons. The smallest absolute Gasteiger partial charge is 0.408 e. The molecule has 0 aliphatic heterocycles. The number of alkyl carbamates (subject to hydrolysis) is 1. The fourth-order valence-corrected chi connectivity index (χ4v) is 2.72. The lowest BCUT2D eigenvalue weighted by Crippen LogP contribution is -2.52. The van der Waals surface area contributed by atoms with Crippen LogP contribution in [0.25, 0.3) is 0 Å². The topological polar surface area (TPSA) is 108 Å². The first-order valence-electron chi connectivity index (χ1n) is 9.96. The molecular formula is C23H33N3O5. The zero-order chi connectivity index (χ0) is 24.1. The second-order valence-electron chi connectivity index (χ2n) is 9.39. The summed E-state index contributed by atoms with van der Waals surface area (Å²) in [6.07, 6.45) is 4.86. The van der Waals surface area contributed by atoms with E-state index >= 15 is 0 Å². The molecule has 0 saturated carbocycles. The molecule has 0 spiro atoms. The van der Waals surface area contributed by atoms with Crippen molar-refractivity contribution in [3.8, 4) is 18.2 Å². The van der Waals surface area contributed by atoms with Gasteiger partial charge in [-0.25, -0.2) is 4.79 Å². The maximum atomic E-state index is 13.1. The third-order valence-electron chi connectivity index (χ3n) is 4.02. The molecule has 8 nitrogen and oxygen atoms in total. The third kappa shape index (κ3) is 7.85. The van der Waals surface area contributed by atoms with Gasteiger partial charge in [0.1, 0.15) is 23.4 Å². The van der Waals surface area contributed by atoms with E-state index in [4.69, 9.17) is 11.2 Å². The highest BCUT2D eigenvalue weighted by Gasteiger charge is 2.35. The predicted molar refractivity (Wildman–Crippen MR) is 118 cm³/mol. The molecule has 1 aromatic rings. The van der Waals surface area contributed by atoms with Crippen LogP contribution in [-0.4, -0.2) is 45.1 Å². The first kappa shape index (κ1) is 25.8. The van der Waals surface area contributed by atoms with Gasteiger partial charge >= 0.3 is 6.09 Å². The number of aryl methyl sites for hydroxylation is 1. The number of rotatable bonds is 5. The van der Waals surface area contributed by atoms with E-state index in [1.165, 1.54) is 19.1 Å². The van der Waals surface area contributed by atoms with Crippen molar-refractivity contribution in [2.45, 2.75) is 78.6 Å². The average Bonchev–Trinajstić information content (AvgIpc) is 2.58. The summed E-state index contributed by atoms with van der Waals surface area (Å²) in [6, 6.07) is 4.61. The van der Waals surface area contributed by atoms with Crippen LogP contribution in [0.2, 0.25) is 0 Å². The summed E-state index contributed by atoms with van der Waals surface area (Å²) >= 11 is 0. The van der Waals surface area contributed by atoms with Crippen molar-refractivity contribution in [1.29, 1.82) is 0 Å². The number of phenols is 1. The average molecular weight is 432 g/mol. The van der Waals surface area contributed by atoms with E-state index in [-0.39, 0.29) is 5.75 Å². The van der Waals surface area contributed by atoms with Gasteiger partial charge in [-0.05, 0) is 78.6 Å². The Kier molecular flexibility index (Phi) is 8.11. The van der Waals surface area contributed by atoms with Crippen molar-refractivity contribution in [1.82, 2.24) is 15.5 Å². The lowest BCUT2D eigenvalue weighted by atomic mass is 9.99. The second-order valence-corrected chi connectivity index (χ2v) is 9.39. The van der Waals surface area contributed by atoms with Crippen LogP contribution in [0.15, 0.2) is 18.2 Å². The van der Waals surface area contributed by atoms with E-state index in [0.29, 0.717) is 11.1 Å². The summed E-state index contributed by atoms with van der Waals surface area (Å²) in [5, 5.41) is 15.1. The van der Waals surface area contributed by atoms with Gasteiger partial charge in [0.2, 0.25) is 5.91 Å². The van der Waals surface area contributed by atoms with Crippen LogP contribution in [0.5, 0.6) is 5.75 Å². The van der Waals surface area contributed by atoms with Crippen LogP contribution in [0.1, 0.15) is 65.6 Å². The van der Waals surface area contributed by atoms with Gasteiger partial charge in [-0.2, -0.15) is 0 Å². The molecule has 3 N–H and O–H groups in total. The Balaban J connectivity index is 3.28. The summed E-state index contributed by atoms with van der Waals surface area (Å²) in [7, 11) is 0. The van der Waals surface area contributed by atoms with E-state index in [0.717, 1.165) is 4.90 Å². The molecule has 2 atom stereocenters. The van der Waals surface area contributed by atoms with Crippen LogP contribution in [0, 0.1) is 19.4 Å². The molecule has 1 rings (SSSR count). The summed E-state index contributed by atoms with van der Waals surface area (Å²) < 4.78 is 5.18. The van der Waals surface area contributed by atoms with Crippen LogP contribution in [-0.2, 0) is 14.3 Å². The number of hydrogen-bond acceptors (Lipinski definition) is 5. The fraction of sp³-hybridized carbons (Fsp3) is 0.522. The molecule has 0 saturated heterocycles. The maximum Gasteiger partial charge on any atom is 0.408 e. The Labute approximate surface area is 184 Å². The number of amides is 3. The molecule has 0 fully saturated rings. The van der Waals surface area contributed by atoms with Crippen LogP contribution >= 0.6 is 0 Å². The third-order valence-corrected chi connectivity index (χ3v) is 4.02. The van der Waals surface area contributed by atoms with Crippen molar-refractivity contribution < 1.29 is 24.2 Å². The largest absolute Gasteiger partial charge is 0.508 e. The number of hydrogen-bond donors (Lipinski definition) is 3. The van der Waals surface area contributed by atoms with Gasteiger partial charge in [-0.15, -0.1) is 0 Å². The highest BCUT2D eigenvalue weighted by atomic mass is 16.6. The van der Waals surface area contributed by atoms with Gasteiger partial charge in [0.25, 0.3) is 5.91 Å². The molecule has 0 aliphatic rings. The Hall–Kier alpha value is -3.21. The quantitative estimate of drug-likeness (QED) is 0.491. The minimum atomic E-state index is -1.17. The van der Waals surface area contributed by atoms with E-state index in [9.17, 15) is 19.5 Å². The molecule has 31 heavy (non-hydrogen) atoms. The number of terminal acetylenes is 1. The standard InChI is InChI=1S/C23H33N3O5/c1-10-26(20(29)15(3)24-21(30)31-23(7,8)9)18(19(28)25-22(4,5)6)16-11-12-17(27)14(2)13-16/h1,11-13,15,18,27H,2-9H3,(H,24,30)(H,25,28). The van der Waals surface area contributed by atoms with E-state index in [1.54, 1.807) is 54.5 Å². The van der Waals surface area contributed by atoms with Gasteiger partial charge in [0.15, 0.2) is 0 Å². The van der Waals surface area contributed by atoms with Gasteiger partial charge in [-0.3, -0.25) is 14.5 Å². The first-order valence-corrected chi connectivity index (χ1v) is 9.96. The molecule has 1 aromatic carbocycles. The van der Waals surface area contributed by atoms with Crippen LogP contribution < -0.4 is 10.6 Å². The number of ether oxygens (including phenoxy) is 1. The predicted octanol–water partition coefficient (Wildman–Crippen LogP) is 2.99. The molecule has 2 unspecified atom stereocenters. The SMILES string of the molecule is C#CN(C(=O)C(C)NC(=O)OC(C)(C)C)C(C(=O)NC(C)(C)C)c1ccc(O)c(C)c1. The number of nitrogens with zero attached hydrogens (tertiary/aromatic N) is 1. The van der Waals surface area contributed by atoms with Gasteiger partial charge in [0, 0.05) is 11.6 Å². The Morgan fingerprint density at radius 3 is 2.19 bits per heavy atom. The van der Waals surface area contributed by atoms with Crippen molar-refractivity contribution in [2.24, 2.45) is 0 Å². The molecular weight excluding hydrogens is 398 g/mol. The number of nitrogens with one attached hydrogen (secondary N) is 2. The van der Waals surface area contributed by atoms with Gasteiger partial charge < -0.3 is 20.5 Å². The summed E-state index contributed by atoms with van der Waals surface area (Å²) in [6.45, 7) is 13.6. The van der Waals surface area contributed by atoms with E-state index in [2.05, 4.69) is 16.7 Å². The van der Waals surface area contributed by atoms with E-state index in [1.807, 2.05) is 0 Å². The molecule has 170 valence electrons. The zero-order valence-corrected chi connectivity index (χ0v) is 19.5. The lowest BCUT2D eigenvalue weighted by Gasteiger charge is -2.31. The van der Waals surface area contributed by atoms with Crippen LogP contribution in [0.3, 0.4) is 0 Å². The number of carbonyl (C=O) groups is 3. The molecule has 8 heteroatoms. The second kappa shape index (κ2) is 9.73. The minimum Gasteiger partial charge on any atom is -0.508 e.